The Labute approximate surface area is 119 Å². The van der Waals surface area contributed by atoms with Crippen LogP contribution in [0.4, 0.5) is 0 Å². The predicted molar refractivity (Wildman–Crippen MR) is 76.1 cm³/mol. The Morgan fingerprint density at radius 3 is 2.72 bits per heavy atom. The number of methoxy groups -OCH3 is 1. The van der Waals surface area contributed by atoms with E-state index in [-0.39, 0.29) is 0 Å². The van der Waals surface area contributed by atoms with Crippen LogP contribution in [-0.4, -0.2) is 17.1 Å². The monoisotopic (exact) mass is 326 g/mol. The van der Waals surface area contributed by atoms with Crippen LogP contribution in [0.3, 0.4) is 0 Å². The minimum atomic E-state index is 0.451. The Hall–Kier alpha value is -1.13. The molecule has 18 heavy (non-hydrogen) atoms. The second-order valence-corrected chi connectivity index (χ2v) is 4.95. The van der Waals surface area contributed by atoms with Gasteiger partial charge in [-0.15, -0.1) is 0 Å². The predicted octanol–water partition coefficient (Wildman–Crippen LogP) is 4.13. The first-order valence-corrected chi connectivity index (χ1v) is 6.68. The Kier molecular flexibility index (Phi) is 4.19. The molecule has 0 atom stereocenters. The summed E-state index contributed by atoms with van der Waals surface area (Å²) in [4.78, 5) is 8.73. The molecule has 0 aliphatic carbocycles. The Balaban J connectivity index is 2.56. The van der Waals surface area contributed by atoms with Crippen molar-refractivity contribution in [3.8, 4) is 17.1 Å². The highest BCUT2D eigenvalue weighted by Crippen LogP contribution is 2.30. The van der Waals surface area contributed by atoms with Gasteiger partial charge < -0.3 is 4.74 Å². The Morgan fingerprint density at radius 1 is 1.28 bits per heavy atom. The lowest BCUT2D eigenvalue weighted by molar-refractivity contribution is 0.415. The van der Waals surface area contributed by atoms with Gasteiger partial charge in [-0.25, -0.2) is 9.97 Å². The first-order chi connectivity index (χ1) is 8.63. The summed E-state index contributed by atoms with van der Waals surface area (Å²) in [5, 5.41) is 0.451. The van der Waals surface area contributed by atoms with E-state index in [4.69, 9.17) is 16.3 Å². The zero-order valence-corrected chi connectivity index (χ0v) is 12.4. The minimum Gasteiger partial charge on any atom is -0.497 e. The minimum absolute atomic E-state index is 0.451. The maximum atomic E-state index is 6.01. The summed E-state index contributed by atoms with van der Waals surface area (Å²) in [5.74, 6) is 1.36. The van der Waals surface area contributed by atoms with Crippen molar-refractivity contribution in [1.29, 1.82) is 0 Å². The fraction of sp³-hybridized carbons (Fsp3) is 0.231. The number of aryl methyl sites for hydroxylation is 1. The van der Waals surface area contributed by atoms with Gasteiger partial charge >= 0.3 is 0 Å². The molecule has 0 saturated heterocycles. The molecule has 2 aromatic rings. The van der Waals surface area contributed by atoms with Gasteiger partial charge in [-0.1, -0.05) is 34.5 Å². The fourth-order valence-corrected chi connectivity index (χ4v) is 2.20. The van der Waals surface area contributed by atoms with E-state index in [1.807, 2.05) is 25.1 Å². The normalized spacial score (nSPS) is 10.4. The molecule has 1 aromatic heterocycles. The molecule has 0 aliphatic heterocycles. The zero-order valence-electron chi connectivity index (χ0n) is 10.1. The van der Waals surface area contributed by atoms with E-state index in [1.165, 1.54) is 0 Å². The topological polar surface area (TPSA) is 35.0 Å². The first kappa shape index (κ1) is 13.3. The van der Waals surface area contributed by atoms with E-state index in [0.717, 1.165) is 27.9 Å². The number of hydrogen-bond acceptors (Lipinski definition) is 3. The van der Waals surface area contributed by atoms with Gasteiger partial charge in [-0.05, 0) is 30.7 Å². The van der Waals surface area contributed by atoms with Crippen molar-refractivity contribution in [3.63, 3.8) is 0 Å². The van der Waals surface area contributed by atoms with Gasteiger partial charge in [-0.3, -0.25) is 0 Å². The van der Waals surface area contributed by atoms with Crippen LogP contribution in [-0.2, 0) is 6.42 Å². The summed E-state index contributed by atoms with van der Waals surface area (Å²) in [6.07, 6.45) is 0.816. The van der Waals surface area contributed by atoms with Gasteiger partial charge in [0.1, 0.15) is 10.9 Å². The van der Waals surface area contributed by atoms with Crippen LogP contribution in [0.1, 0.15) is 12.6 Å². The summed E-state index contributed by atoms with van der Waals surface area (Å²) in [6, 6.07) is 7.44. The molecule has 3 nitrogen and oxygen atoms in total. The van der Waals surface area contributed by atoms with Crippen molar-refractivity contribution in [3.05, 3.63) is 39.6 Å². The molecular weight excluding hydrogens is 316 g/mol. The SMILES string of the molecule is CCc1cc(Cl)nc(-c2cc(OC)ccc2Br)n1. The van der Waals surface area contributed by atoms with Crippen LogP contribution < -0.4 is 4.74 Å². The fourth-order valence-electron chi connectivity index (χ4n) is 1.57. The van der Waals surface area contributed by atoms with Crippen LogP contribution in [0.5, 0.6) is 5.75 Å². The number of nitrogens with zero attached hydrogens (tertiary/aromatic N) is 2. The smallest absolute Gasteiger partial charge is 0.162 e. The van der Waals surface area contributed by atoms with E-state index in [9.17, 15) is 0 Å². The maximum absolute atomic E-state index is 6.01. The summed E-state index contributed by atoms with van der Waals surface area (Å²) < 4.78 is 6.12. The average molecular weight is 328 g/mol. The Bertz CT molecular complexity index is 575. The van der Waals surface area contributed by atoms with E-state index in [1.54, 1.807) is 13.2 Å². The largest absolute Gasteiger partial charge is 0.497 e. The van der Waals surface area contributed by atoms with Gasteiger partial charge in [-0.2, -0.15) is 0 Å². The van der Waals surface area contributed by atoms with Crippen LogP contribution in [0.15, 0.2) is 28.7 Å². The third-order valence-corrected chi connectivity index (χ3v) is 3.41. The van der Waals surface area contributed by atoms with Crippen LogP contribution in [0.2, 0.25) is 5.15 Å². The molecule has 0 amide bonds. The third-order valence-electron chi connectivity index (χ3n) is 2.52. The van der Waals surface area contributed by atoms with Crippen molar-refractivity contribution >= 4 is 27.5 Å². The van der Waals surface area contributed by atoms with Crippen LogP contribution in [0.25, 0.3) is 11.4 Å². The van der Waals surface area contributed by atoms with Crippen molar-refractivity contribution in [2.75, 3.05) is 7.11 Å². The molecule has 0 saturated carbocycles. The number of benzene rings is 1. The highest BCUT2D eigenvalue weighted by molar-refractivity contribution is 9.10. The lowest BCUT2D eigenvalue weighted by Crippen LogP contribution is -1.96. The summed E-state index contributed by atoms with van der Waals surface area (Å²) >= 11 is 9.50. The van der Waals surface area contributed by atoms with Gasteiger partial charge in [0, 0.05) is 15.7 Å². The van der Waals surface area contributed by atoms with E-state index < -0.39 is 0 Å². The Morgan fingerprint density at radius 2 is 2.06 bits per heavy atom. The molecule has 94 valence electrons. The summed E-state index contributed by atoms with van der Waals surface area (Å²) in [7, 11) is 1.63. The second-order valence-electron chi connectivity index (χ2n) is 3.70. The molecule has 2 rings (SSSR count). The molecule has 1 aromatic carbocycles. The van der Waals surface area contributed by atoms with Crippen molar-refractivity contribution in [2.45, 2.75) is 13.3 Å². The molecule has 0 spiro atoms. The molecule has 0 N–H and O–H groups in total. The van der Waals surface area contributed by atoms with Crippen molar-refractivity contribution in [1.82, 2.24) is 9.97 Å². The van der Waals surface area contributed by atoms with Crippen molar-refractivity contribution in [2.24, 2.45) is 0 Å². The maximum Gasteiger partial charge on any atom is 0.162 e. The van der Waals surface area contributed by atoms with Crippen LogP contribution in [0, 0.1) is 0 Å². The highest BCUT2D eigenvalue weighted by atomic mass is 79.9. The number of rotatable bonds is 3. The molecule has 0 bridgehead atoms. The lowest BCUT2D eigenvalue weighted by Gasteiger charge is -2.08. The number of hydrogen-bond donors (Lipinski definition) is 0. The molecule has 0 radical (unpaired) electrons. The quantitative estimate of drug-likeness (QED) is 0.795. The third kappa shape index (κ3) is 2.82. The highest BCUT2D eigenvalue weighted by Gasteiger charge is 2.10. The van der Waals surface area contributed by atoms with Crippen LogP contribution >= 0.6 is 27.5 Å². The lowest BCUT2D eigenvalue weighted by atomic mass is 10.2. The molecular formula is C13H12BrClN2O. The standard InChI is InChI=1S/C13H12BrClN2O/c1-3-8-6-12(15)17-13(16-8)10-7-9(18-2)4-5-11(10)14/h4-7H,3H2,1-2H3. The molecule has 0 aliphatic rings. The second kappa shape index (κ2) is 5.67. The van der Waals surface area contributed by atoms with Gasteiger partial charge in [0.05, 0.1) is 7.11 Å². The number of halogens is 2. The molecule has 5 heteroatoms. The molecule has 1 heterocycles. The van der Waals surface area contributed by atoms with E-state index in [0.29, 0.717) is 11.0 Å². The van der Waals surface area contributed by atoms with Gasteiger partial charge in [0.25, 0.3) is 0 Å². The number of aromatic nitrogens is 2. The molecule has 0 unspecified atom stereocenters. The van der Waals surface area contributed by atoms with Gasteiger partial charge in [0.2, 0.25) is 0 Å². The average Bonchev–Trinajstić information content (AvgIpc) is 2.38. The van der Waals surface area contributed by atoms with E-state index in [2.05, 4.69) is 25.9 Å². The van der Waals surface area contributed by atoms with Crippen molar-refractivity contribution < 1.29 is 4.74 Å². The van der Waals surface area contributed by atoms with Gasteiger partial charge in [0.15, 0.2) is 5.82 Å². The molecule has 0 fully saturated rings. The zero-order chi connectivity index (χ0) is 13.1. The first-order valence-electron chi connectivity index (χ1n) is 5.51. The van der Waals surface area contributed by atoms with E-state index >= 15 is 0 Å². The summed E-state index contributed by atoms with van der Waals surface area (Å²) in [6.45, 7) is 2.03. The summed E-state index contributed by atoms with van der Waals surface area (Å²) in [5.41, 5.74) is 1.78. The number of ether oxygens (including phenoxy) is 1.